The molecule has 2 fully saturated rings. The van der Waals surface area contributed by atoms with Crippen molar-refractivity contribution in [1.29, 1.82) is 0 Å². The van der Waals surface area contributed by atoms with Gasteiger partial charge in [0.1, 0.15) is 0 Å². The zero-order valence-corrected chi connectivity index (χ0v) is 12.0. The number of hydrogen-bond donors (Lipinski definition) is 1. The van der Waals surface area contributed by atoms with E-state index in [0.29, 0.717) is 12.6 Å². The monoisotopic (exact) mass is 276 g/mol. The maximum absolute atomic E-state index is 12.3. The standard InChI is InChI=1S/C13H24N2O2.ClH/c1-15(12-5-2-7-14-8-6-12)13(16)11-4-3-9-17-10-11;/h11-12,14H,2-10H2,1H3;1H. The number of hydrogen-bond acceptors (Lipinski definition) is 3. The maximum atomic E-state index is 12.3. The lowest BCUT2D eigenvalue weighted by molar-refractivity contribution is -0.140. The summed E-state index contributed by atoms with van der Waals surface area (Å²) < 4.78 is 5.41. The van der Waals surface area contributed by atoms with Crippen molar-refractivity contribution in [3.05, 3.63) is 0 Å². The van der Waals surface area contributed by atoms with Crippen molar-refractivity contribution in [3.63, 3.8) is 0 Å². The summed E-state index contributed by atoms with van der Waals surface area (Å²) in [7, 11) is 1.97. The van der Waals surface area contributed by atoms with Crippen LogP contribution in [-0.2, 0) is 9.53 Å². The molecule has 2 aliphatic rings. The third-order valence-corrected chi connectivity index (χ3v) is 3.95. The van der Waals surface area contributed by atoms with Gasteiger partial charge in [-0.2, -0.15) is 0 Å². The first-order valence-electron chi connectivity index (χ1n) is 6.84. The van der Waals surface area contributed by atoms with Crippen LogP contribution >= 0.6 is 12.4 Å². The second-order valence-electron chi connectivity index (χ2n) is 5.20. The molecule has 2 rings (SSSR count). The molecular formula is C13H25ClN2O2. The molecule has 2 atom stereocenters. The molecule has 106 valence electrons. The predicted molar refractivity (Wildman–Crippen MR) is 74.1 cm³/mol. The Bertz CT molecular complexity index is 249. The van der Waals surface area contributed by atoms with Crippen LogP contribution in [0.15, 0.2) is 0 Å². The van der Waals surface area contributed by atoms with Gasteiger partial charge in [-0.15, -0.1) is 12.4 Å². The van der Waals surface area contributed by atoms with E-state index in [1.807, 2.05) is 11.9 Å². The summed E-state index contributed by atoms with van der Waals surface area (Å²) in [4.78, 5) is 14.3. The Morgan fingerprint density at radius 1 is 1.22 bits per heavy atom. The van der Waals surface area contributed by atoms with Crippen LogP contribution in [0.3, 0.4) is 0 Å². The van der Waals surface area contributed by atoms with E-state index in [-0.39, 0.29) is 24.2 Å². The Labute approximate surface area is 116 Å². The quantitative estimate of drug-likeness (QED) is 0.830. The fourth-order valence-electron chi connectivity index (χ4n) is 2.79. The van der Waals surface area contributed by atoms with Crippen LogP contribution in [0.5, 0.6) is 0 Å². The van der Waals surface area contributed by atoms with Gasteiger partial charge in [0.05, 0.1) is 12.5 Å². The zero-order chi connectivity index (χ0) is 12.1. The van der Waals surface area contributed by atoms with Crippen LogP contribution in [0.4, 0.5) is 0 Å². The number of ether oxygens (including phenoxy) is 1. The number of amides is 1. The lowest BCUT2D eigenvalue weighted by Crippen LogP contribution is -2.43. The topological polar surface area (TPSA) is 41.6 Å². The fourth-order valence-corrected chi connectivity index (χ4v) is 2.79. The number of carbonyl (C=O) groups is 1. The highest BCUT2D eigenvalue weighted by Crippen LogP contribution is 2.19. The SMILES string of the molecule is CN(C(=O)C1CCCOC1)C1CCCNCC1.Cl. The maximum Gasteiger partial charge on any atom is 0.228 e. The lowest BCUT2D eigenvalue weighted by atomic mass is 9.99. The molecular weight excluding hydrogens is 252 g/mol. The van der Waals surface area contributed by atoms with Crippen molar-refractivity contribution >= 4 is 18.3 Å². The molecule has 18 heavy (non-hydrogen) atoms. The molecule has 4 nitrogen and oxygen atoms in total. The number of rotatable bonds is 2. The van der Waals surface area contributed by atoms with E-state index in [1.54, 1.807) is 0 Å². The molecule has 2 saturated heterocycles. The number of nitrogens with zero attached hydrogens (tertiary/aromatic N) is 1. The molecule has 0 aromatic rings. The van der Waals surface area contributed by atoms with Gasteiger partial charge in [0.15, 0.2) is 0 Å². The van der Waals surface area contributed by atoms with E-state index in [2.05, 4.69) is 5.32 Å². The predicted octanol–water partition coefficient (Wildman–Crippen LogP) is 1.44. The van der Waals surface area contributed by atoms with Crippen molar-refractivity contribution in [2.45, 2.75) is 38.1 Å². The van der Waals surface area contributed by atoms with Crippen LogP contribution in [0.25, 0.3) is 0 Å². The first kappa shape index (κ1) is 15.7. The van der Waals surface area contributed by atoms with Crippen molar-refractivity contribution < 1.29 is 9.53 Å². The molecule has 0 radical (unpaired) electrons. The first-order valence-corrected chi connectivity index (χ1v) is 6.84. The van der Waals surface area contributed by atoms with Gasteiger partial charge in [0.2, 0.25) is 5.91 Å². The first-order chi connectivity index (χ1) is 8.29. The normalized spacial score (nSPS) is 28.9. The third kappa shape index (κ3) is 4.11. The molecule has 0 aromatic heterocycles. The Morgan fingerprint density at radius 3 is 2.78 bits per heavy atom. The van der Waals surface area contributed by atoms with Gasteiger partial charge >= 0.3 is 0 Å². The van der Waals surface area contributed by atoms with E-state index in [1.165, 1.54) is 6.42 Å². The van der Waals surface area contributed by atoms with Gasteiger partial charge in [0.25, 0.3) is 0 Å². The van der Waals surface area contributed by atoms with Crippen molar-refractivity contribution in [3.8, 4) is 0 Å². The zero-order valence-electron chi connectivity index (χ0n) is 11.2. The minimum Gasteiger partial charge on any atom is -0.381 e. The number of halogens is 1. The van der Waals surface area contributed by atoms with Gasteiger partial charge in [-0.25, -0.2) is 0 Å². The molecule has 5 heteroatoms. The van der Waals surface area contributed by atoms with Crippen LogP contribution in [0, 0.1) is 5.92 Å². The molecule has 0 spiro atoms. The Balaban J connectivity index is 0.00000162. The van der Waals surface area contributed by atoms with Gasteiger partial charge in [-0.05, 0) is 45.2 Å². The Morgan fingerprint density at radius 2 is 2.06 bits per heavy atom. The smallest absolute Gasteiger partial charge is 0.228 e. The molecule has 0 aliphatic carbocycles. The summed E-state index contributed by atoms with van der Waals surface area (Å²) in [6.45, 7) is 3.56. The van der Waals surface area contributed by atoms with Gasteiger partial charge in [0, 0.05) is 19.7 Å². The fraction of sp³-hybridized carbons (Fsp3) is 0.923. The Hall–Kier alpha value is -0.320. The van der Waals surface area contributed by atoms with Gasteiger partial charge in [-0.1, -0.05) is 0 Å². The molecule has 0 saturated carbocycles. The summed E-state index contributed by atoms with van der Waals surface area (Å²) in [5, 5.41) is 3.39. The highest BCUT2D eigenvalue weighted by atomic mass is 35.5. The average molecular weight is 277 g/mol. The van der Waals surface area contributed by atoms with E-state index in [9.17, 15) is 4.79 Å². The molecule has 1 amide bonds. The minimum absolute atomic E-state index is 0. The largest absolute Gasteiger partial charge is 0.381 e. The van der Waals surface area contributed by atoms with Gasteiger partial charge in [-0.3, -0.25) is 4.79 Å². The summed E-state index contributed by atoms with van der Waals surface area (Å²) in [5.41, 5.74) is 0. The minimum atomic E-state index is 0. The summed E-state index contributed by atoms with van der Waals surface area (Å²) >= 11 is 0. The lowest BCUT2D eigenvalue weighted by Gasteiger charge is -2.32. The molecule has 0 aromatic carbocycles. The van der Waals surface area contributed by atoms with Crippen LogP contribution in [0.1, 0.15) is 32.1 Å². The highest BCUT2D eigenvalue weighted by molar-refractivity contribution is 5.85. The van der Waals surface area contributed by atoms with E-state index in [0.717, 1.165) is 45.4 Å². The number of nitrogens with one attached hydrogen (secondary N) is 1. The molecule has 0 bridgehead atoms. The highest BCUT2D eigenvalue weighted by Gasteiger charge is 2.28. The second kappa shape index (κ2) is 7.97. The van der Waals surface area contributed by atoms with Crippen molar-refractivity contribution in [2.75, 3.05) is 33.4 Å². The number of carbonyl (C=O) groups excluding carboxylic acids is 1. The summed E-state index contributed by atoms with van der Waals surface area (Å²) in [6, 6.07) is 0.416. The molecule has 1 N–H and O–H groups in total. The molecule has 2 unspecified atom stereocenters. The van der Waals surface area contributed by atoms with Crippen LogP contribution in [-0.4, -0.2) is 50.2 Å². The average Bonchev–Trinajstić information content (AvgIpc) is 2.67. The van der Waals surface area contributed by atoms with Crippen molar-refractivity contribution in [1.82, 2.24) is 10.2 Å². The third-order valence-electron chi connectivity index (χ3n) is 3.95. The van der Waals surface area contributed by atoms with E-state index >= 15 is 0 Å². The Kier molecular flexibility index (Phi) is 6.97. The summed E-state index contributed by atoms with van der Waals surface area (Å²) in [5.74, 6) is 0.390. The van der Waals surface area contributed by atoms with Crippen LogP contribution < -0.4 is 5.32 Å². The molecule has 2 heterocycles. The van der Waals surface area contributed by atoms with E-state index in [4.69, 9.17) is 4.74 Å². The second-order valence-corrected chi connectivity index (χ2v) is 5.20. The summed E-state index contributed by atoms with van der Waals surface area (Å²) in [6.07, 6.45) is 5.40. The van der Waals surface area contributed by atoms with E-state index < -0.39 is 0 Å². The molecule has 2 aliphatic heterocycles. The van der Waals surface area contributed by atoms with Crippen molar-refractivity contribution in [2.24, 2.45) is 5.92 Å². The van der Waals surface area contributed by atoms with Crippen LogP contribution in [0.2, 0.25) is 0 Å². The van der Waals surface area contributed by atoms with Gasteiger partial charge < -0.3 is 15.0 Å².